The molecule has 32 heavy (non-hydrogen) atoms. The van der Waals surface area contributed by atoms with Gasteiger partial charge in [-0.3, -0.25) is 9.59 Å². The van der Waals surface area contributed by atoms with Crippen molar-refractivity contribution in [2.75, 3.05) is 18.0 Å². The van der Waals surface area contributed by atoms with E-state index >= 15 is 0 Å². The van der Waals surface area contributed by atoms with Gasteiger partial charge in [0.25, 0.3) is 0 Å². The van der Waals surface area contributed by atoms with Gasteiger partial charge in [0, 0.05) is 37.8 Å². The Kier molecular flexibility index (Phi) is 6.63. The number of piperidine rings is 1. The summed E-state index contributed by atoms with van der Waals surface area (Å²) in [5.74, 6) is 0.366. The average Bonchev–Trinajstić information content (AvgIpc) is 3.10. The standard InChI is InChI=1S/C24H35N3O4S/c1-16-6-8-21(9-7-16)25-24(29)19-5-4-12-26(15-19)32(30,31)22-10-11-23-20(14-22)13-17(2)27(23)18(3)28/h10-11,14,16-17,19,21H,4-9,12-13,15H2,1-3H3,(H,25,29). The topological polar surface area (TPSA) is 86.8 Å². The summed E-state index contributed by atoms with van der Waals surface area (Å²) in [4.78, 5) is 26.8. The molecule has 8 heteroatoms. The molecule has 1 N–H and O–H groups in total. The second kappa shape index (κ2) is 9.14. The van der Waals surface area contributed by atoms with Crippen LogP contribution in [0.3, 0.4) is 0 Å². The predicted molar refractivity (Wildman–Crippen MR) is 124 cm³/mol. The van der Waals surface area contributed by atoms with E-state index < -0.39 is 10.0 Å². The van der Waals surface area contributed by atoms with Crippen molar-refractivity contribution in [2.24, 2.45) is 11.8 Å². The Morgan fingerprint density at radius 3 is 2.47 bits per heavy atom. The number of sulfonamides is 1. The van der Waals surface area contributed by atoms with Crippen LogP contribution in [0.2, 0.25) is 0 Å². The van der Waals surface area contributed by atoms with Gasteiger partial charge >= 0.3 is 0 Å². The lowest BCUT2D eigenvalue weighted by molar-refractivity contribution is -0.127. The first-order chi connectivity index (χ1) is 15.2. The molecule has 1 aromatic rings. The Labute approximate surface area is 191 Å². The van der Waals surface area contributed by atoms with Gasteiger partial charge in [-0.1, -0.05) is 6.92 Å². The normalized spacial score (nSPS) is 28.9. The number of fused-ring (bicyclic) bond motifs is 1. The Balaban J connectivity index is 1.45. The number of benzene rings is 1. The molecule has 3 aliphatic rings. The van der Waals surface area contributed by atoms with E-state index in [1.54, 1.807) is 23.1 Å². The van der Waals surface area contributed by atoms with Crippen LogP contribution < -0.4 is 10.2 Å². The highest BCUT2D eigenvalue weighted by Crippen LogP contribution is 2.35. The van der Waals surface area contributed by atoms with Gasteiger partial charge < -0.3 is 10.2 Å². The zero-order chi connectivity index (χ0) is 23.0. The fourth-order valence-electron chi connectivity index (χ4n) is 5.50. The monoisotopic (exact) mass is 461 g/mol. The number of hydrogen-bond donors (Lipinski definition) is 1. The van der Waals surface area contributed by atoms with Gasteiger partial charge in [0.05, 0.1) is 10.8 Å². The Hall–Kier alpha value is -1.93. The van der Waals surface area contributed by atoms with Crippen LogP contribution in [0.4, 0.5) is 5.69 Å². The fraction of sp³-hybridized carbons (Fsp3) is 0.667. The number of anilines is 1. The third-order valence-corrected chi connectivity index (χ3v) is 9.22. The van der Waals surface area contributed by atoms with Crippen molar-refractivity contribution < 1.29 is 18.0 Å². The molecule has 0 spiro atoms. The lowest BCUT2D eigenvalue weighted by atomic mass is 9.87. The van der Waals surface area contributed by atoms with Crippen LogP contribution in [0.5, 0.6) is 0 Å². The molecule has 2 atom stereocenters. The zero-order valence-electron chi connectivity index (χ0n) is 19.3. The number of rotatable bonds is 4. The van der Waals surface area contributed by atoms with Crippen LogP contribution in [-0.2, 0) is 26.0 Å². The van der Waals surface area contributed by atoms with Crippen molar-refractivity contribution >= 4 is 27.5 Å². The van der Waals surface area contributed by atoms with Crippen LogP contribution in [-0.4, -0.2) is 49.7 Å². The summed E-state index contributed by atoms with van der Waals surface area (Å²) in [6.45, 7) is 6.41. The molecule has 1 saturated carbocycles. The van der Waals surface area contributed by atoms with Crippen molar-refractivity contribution in [1.82, 2.24) is 9.62 Å². The van der Waals surface area contributed by atoms with Gasteiger partial charge in [-0.15, -0.1) is 0 Å². The highest BCUT2D eigenvalue weighted by atomic mass is 32.2. The van der Waals surface area contributed by atoms with Crippen LogP contribution in [0.25, 0.3) is 0 Å². The number of hydrogen-bond acceptors (Lipinski definition) is 4. The van der Waals surface area contributed by atoms with Crippen molar-refractivity contribution in [2.45, 2.75) is 82.7 Å². The maximum atomic E-state index is 13.4. The quantitative estimate of drug-likeness (QED) is 0.747. The van der Waals surface area contributed by atoms with Crippen LogP contribution in [0.15, 0.2) is 23.1 Å². The van der Waals surface area contributed by atoms with Crippen molar-refractivity contribution in [3.63, 3.8) is 0 Å². The number of amides is 2. The minimum absolute atomic E-state index is 0.00988. The minimum atomic E-state index is -3.70. The summed E-state index contributed by atoms with van der Waals surface area (Å²) >= 11 is 0. The first-order valence-corrected chi connectivity index (χ1v) is 13.3. The Bertz CT molecular complexity index is 985. The van der Waals surface area contributed by atoms with Crippen LogP contribution in [0, 0.1) is 11.8 Å². The Morgan fingerprint density at radius 1 is 1.06 bits per heavy atom. The molecule has 4 rings (SSSR count). The molecule has 1 saturated heterocycles. The number of nitrogens with one attached hydrogen (secondary N) is 1. The van der Waals surface area contributed by atoms with Crippen molar-refractivity contribution in [3.05, 3.63) is 23.8 Å². The molecule has 176 valence electrons. The van der Waals surface area contributed by atoms with Gasteiger partial charge in [0.2, 0.25) is 21.8 Å². The van der Waals surface area contributed by atoms with Gasteiger partial charge in [-0.05, 0) is 81.5 Å². The maximum absolute atomic E-state index is 13.4. The van der Waals surface area contributed by atoms with Crippen molar-refractivity contribution in [3.8, 4) is 0 Å². The highest BCUT2D eigenvalue weighted by Gasteiger charge is 2.36. The van der Waals surface area contributed by atoms with E-state index in [0.29, 0.717) is 19.4 Å². The van der Waals surface area contributed by atoms with Crippen LogP contribution in [0.1, 0.15) is 64.9 Å². The van der Waals surface area contributed by atoms with Gasteiger partial charge in [0.1, 0.15) is 0 Å². The summed E-state index contributed by atoms with van der Waals surface area (Å²) in [6, 6.07) is 5.28. The fourth-order valence-corrected chi connectivity index (χ4v) is 7.07. The summed E-state index contributed by atoms with van der Waals surface area (Å²) in [5, 5.41) is 3.18. The summed E-state index contributed by atoms with van der Waals surface area (Å²) in [6.07, 6.45) is 6.32. The summed E-state index contributed by atoms with van der Waals surface area (Å²) in [7, 11) is -3.70. The number of carbonyl (C=O) groups is 2. The van der Waals surface area contributed by atoms with E-state index in [0.717, 1.165) is 49.3 Å². The first-order valence-electron chi connectivity index (χ1n) is 11.9. The maximum Gasteiger partial charge on any atom is 0.243 e. The molecular weight excluding hydrogens is 426 g/mol. The molecule has 0 radical (unpaired) electrons. The Morgan fingerprint density at radius 2 is 1.78 bits per heavy atom. The smallest absolute Gasteiger partial charge is 0.243 e. The van der Waals surface area contributed by atoms with E-state index in [9.17, 15) is 18.0 Å². The lowest BCUT2D eigenvalue weighted by Gasteiger charge is -2.33. The molecule has 2 amide bonds. The molecule has 2 aliphatic heterocycles. The van der Waals surface area contributed by atoms with E-state index in [-0.39, 0.29) is 41.3 Å². The third kappa shape index (κ3) is 4.57. The largest absolute Gasteiger partial charge is 0.353 e. The lowest BCUT2D eigenvalue weighted by Crippen LogP contribution is -2.48. The molecule has 2 heterocycles. The first kappa shape index (κ1) is 23.2. The molecule has 1 aliphatic carbocycles. The molecule has 2 fully saturated rings. The molecule has 7 nitrogen and oxygen atoms in total. The van der Waals surface area contributed by atoms with Crippen LogP contribution >= 0.6 is 0 Å². The third-order valence-electron chi connectivity index (χ3n) is 7.36. The highest BCUT2D eigenvalue weighted by molar-refractivity contribution is 7.89. The second-order valence-electron chi connectivity index (χ2n) is 9.90. The molecule has 1 aromatic carbocycles. The SMILES string of the molecule is CC(=O)N1c2ccc(S(=O)(=O)N3CCCC(C(=O)NC4CCC(C)CC4)C3)cc2CC1C. The number of carbonyl (C=O) groups excluding carboxylic acids is 2. The minimum Gasteiger partial charge on any atom is -0.353 e. The van der Waals surface area contributed by atoms with Gasteiger partial charge in [-0.2, -0.15) is 4.31 Å². The summed E-state index contributed by atoms with van der Waals surface area (Å²) < 4.78 is 28.2. The van der Waals surface area contributed by atoms with Gasteiger partial charge in [0.15, 0.2) is 0 Å². The van der Waals surface area contributed by atoms with E-state index in [4.69, 9.17) is 0 Å². The van der Waals surface area contributed by atoms with Gasteiger partial charge in [-0.25, -0.2) is 8.42 Å². The average molecular weight is 462 g/mol. The number of nitrogens with zero attached hydrogens (tertiary/aromatic N) is 2. The zero-order valence-corrected chi connectivity index (χ0v) is 20.2. The summed E-state index contributed by atoms with van der Waals surface area (Å²) in [5.41, 5.74) is 1.67. The van der Waals surface area contributed by atoms with E-state index in [1.807, 2.05) is 6.92 Å². The van der Waals surface area contributed by atoms with E-state index in [1.165, 1.54) is 11.2 Å². The molecule has 0 bridgehead atoms. The molecular formula is C24H35N3O4S. The molecule has 0 aromatic heterocycles. The second-order valence-corrected chi connectivity index (χ2v) is 11.8. The predicted octanol–water partition coefficient (Wildman–Crippen LogP) is 3.08. The van der Waals surface area contributed by atoms with Crippen molar-refractivity contribution in [1.29, 1.82) is 0 Å². The molecule has 2 unspecified atom stereocenters. The van der Waals surface area contributed by atoms with E-state index in [2.05, 4.69) is 12.2 Å².